The second-order valence-electron chi connectivity index (χ2n) is 2.69. The lowest BCUT2D eigenvalue weighted by Gasteiger charge is -1.99. The highest BCUT2D eigenvalue weighted by Gasteiger charge is 1.99. The summed E-state index contributed by atoms with van der Waals surface area (Å²) >= 11 is 0. The molecule has 1 heterocycles. The van der Waals surface area contributed by atoms with Gasteiger partial charge >= 0.3 is 0 Å². The second-order valence-corrected chi connectivity index (χ2v) is 2.69. The summed E-state index contributed by atoms with van der Waals surface area (Å²) in [6.07, 6.45) is 2.06. The molecule has 1 aromatic heterocycles. The van der Waals surface area contributed by atoms with Crippen LogP contribution in [0.25, 0.3) is 0 Å². The lowest BCUT2D eigenvalue weighted by atomic mass is 10.3. The van der Waals surface area contributed by atoms with Gasteiger partial charge in [0, 0.05) is 32.0 Å². The third kappa shape index (κ3) is 1.82. The summed E-state index contributed by atoms with van der Waals surface area (Å²) in [5.74, 6) is 0. The predicted octanol–water partition coefficient (Wildman–Crippen LogP) is 0.203. The van der Waals surface area contributed by atoms with Crippen molar-refractivity contribution in [1.82, 2.24) is 9.88 Å². The average molecular weight is 153 g/mol. The SMILES string of the molecule is CNCc1cc(CN)cn1C. The summed E-state index contributed by atoms with van der Waals surface area (Å²) < 4.78 is 2.10. The Labute approximate surface area is 67.2 Å². The van der Waals surface area contributed by atoms with Gasteiger partial charge in [-0.1, -0.05) is 0 Å². The van der Waals surface area contributed by atoms with Crippen molar-refractivity contribution in [2.45, 2.75) is 13.1 Å². The Hall–Kier alpha value is -0.800. The van der Waals surface area contributed by atoms with Crippen LogP contribution in [0.15, 0.2) is 12.3 Å². The summed E-state index contributed by atoms with van der Waals surface area (Å²) in [5, 5.41) is 3.10. The van der Waals surface area contributed by atoms with Gasteiger partial charge in [0.05, 0.1) is 0 Å². The fourth-order valence-corrected chi connectivity index (χ4v) is 1.15. The first-order valence-electron chi connectivity index (χ1n) is 3.76. The van der Waals surface area contributed by atoms with Gasteiger partial charge in [0.15, 0.2) is 0 Å². The molecular formula is C8H15N3. The standard InChI is InChI=1S/C8H15N3/c1-10-5-8-3-7(4-9)6-11(8)2/h3,6,10H,4-5,9H2,1-2H3. The third-order valence-electron chi connectivity index (χ3n) is 1.76. The Kier molecular flexibility index (Phi) is 2.68. The second kappa shape index (κ2) is 3.55. The van der Waals surface area contributed by atoms with E-state index in [1.54, 1.807) is 0 Å². The fourth-order valence-electron chi connectivity index (χ4n) is 1.15. The molecule has 11 heavy (non-hydrogen) atoms. The van der Waals surface area contributed by atoms with E-state index in [0.29, 0.717) is 6.54 Å². The van der Waals surface area contributed by atoms with Gasteiger partial charge in [-0.2, -0.15) is 0 Å². The summed E-state index contributed by atoms with van der Waals surface area (Å²) in [6.45, 7) is 1.52. The molecule has 0 aliphatic heterocycles. The number of aromatic nitrogens is 1. The molecule has 1 aromatic rings. The minimum Gasteiger partial charge on any atom is -0.353 e. The molecule has 3 N–H and O–H groups in total. The molecule has 0 bridgehead atoms. The Morgan fingerprint density at radius 2 is 2.36 bits per heavy atom. The van der Waals surface area contributed by atoms with Crippen LogP contribution in [0.3, 0.4) is 0 Å². The van der Waals surface area contributed by atoms with Gasteiger partial charge in [-0.3, -0.25) is 0 Å². The quantitative estimate of drug-likeness (QED) is 0.651. The monoisotopic (exact) mass is 153 g/mol. The molecule has 0 aliphatic rings. The van der Waals surface area contributed by atoms with Crippen LogP contribution in [0.2, 0.25) is 0 Å². The van der Waals surface area contributed by atoms with Gasteiger partial charge in [0.25, 0.3) is 0 Å². The number of hydrogen-bond acceptors (Lipinski definition) is 2. The van der Waals surface area contributed by atoms with Gasteiger partial charge in [0.2, 0.25) is 0 Å². The van der Waals surface area contributed by atoms with E-state index in [4.69, 9.17) is 5.73 Å². The van der Waals surface area contributed by atoms with Crippen LogP contribution >= 0.6 is 0 Å². The number of nitrogens with one attached hydrogen (secondary N) is 1. The van der Waals surface area contributed by atoms with Crippen LogP contribution in [-0.2, 0) is 20.1 Å². The lowest BCUT2D eigenvalue weighted by Crippen LogP contribution is -2.08. The zero-order valence-corrected chi connectivity index (χ0v) is 7.09. The molecule has 0 atom stereocenters. The lowest BCUT2D eigenvalue weighted by molar-refractivity contribution is 0.734. The van der Waals surface area contributed by atoms with E-state index in [1.165, 1.54) is 11.3 Å². The molecule has 0 fully saturated rings. The van der Waals surface area contributed by atoms with Crippen molar-refractivity contribution < 1.29 is 0 Å². The molecule has 3 heteroatoms. The predicted molar refractivity (Wildman–Crippen MR) is 46.1 cm³/mol. The normalized spacial score (nSPS) is 10.5. The molecule has 0 saturated carbocycles. The largest absolute Gasteiger partial charge is 0.353 e. The molecule has 0 unspecified atom stereocenters. The highest BCUT2D eigenvalue weighted by atomic mass is 15.0. The number of aryl methyl sites for hydroxylation is 1. The van der Waals surface area contributed by atoms with Gasteiger partial charge < -0.3 is 15.6 Å². The first kappa shape index (κ1) is 8.30. The molecule has 0 radical (unpaired) electrons. The molecule has 0 amide bonds. The van der Waals surface area contributed by atoms with Gasteiger partial charge in [-0.25, -0.2) is 0 Å². The van der Waals surface area contributed by atoms with Crippen LogP contribution < -0.4 is 11.1 Å². The molecular weight excluding hydrogens is 138 g/mol. The maximum atomic E-state index is 5.49. The summed E-state index contributed by atoms with van der Waals surface area (Å²) in [7, 11) is 3.97. The van der Waals surface area contributed by atoms with Crippen molar-refractivity contribution in [2.24, 2.45) is 12.8 Å². The first-order valence-corrected chi connectivity index (χ1v) is 3.76. The van der Waals surface area contributed by atoms with Gasteiger partial charge in [-0.15, -0.1) is 0 Å². The Bertz CT molecular complexity index is 227. The van der Waals surface area contributed by atoms with E-state index in [2.05, 4.69) is 22.1 Å². The first-order chi connectivity index (χ1) is 5.27. The summed E-state index contributed by atoms with van der Waals surface area (Å²) in [5.41, 5.74) is 7.96. The van der Waals surface area contributed by atoms with Crippen molar-refractivity contribution in [2.75, 3.05) is 7.05 Å². The van der Waals surface area contributed by atoms with E-state index in [0.717, 1.165) is 6.54 Å². The molecule has 62 valence electrons. The maximum absolute atomic E-state index is 5.49. The minimum absolute atomic E-state index is 0.623. The van der Waals surface area contributed by atoms with Crippen molar-refractivity contribution in [3.8, 4) is 0 Å². The molecule has 0 aromatic carbocycles. The van der Waals surface area contributed by atoms with Crippen LogP contribution in [0.5, 0.6) is 0 Å². The molecule has 0 aliphatic carbocycles. The summed E-state index contributed by atoms with van der Waals surface area (Å²) in [4.78, 5) is 0. The van der Waals surface area contributed by atoms with Crippen LogP contribution in [-0.4, -0.2) is 11.6 Å². The number of nitrogens with two attached hydrogens (primary N) is 1. The number of hydrogen-bond donors (Lipinski definition) is 2. The smallest absolute Gasteiger partial charge is 0.0356 e. The fraction of sp³-hybridized carbons (Fsp3) is 0.500. The Morgan fingerprint density at radius 3 is 2.82 bits per heavy atom. The third-order valence-corrected chi connectivity index (χ3v) is 1.76. The van der Waals surface area contributed by atoms with Crippen molar-refractivity contribution in [3.63, 3.8) is 0 Å². The summed E-state index contributed by atoms with van der Waals surface area (Å²) in [6, 6.07) is 2.12. The number of nitrogens with zero attached hydrogens (tertiary/aromatic N) is 1. The highest BCUT2D eigenvalue weighted by molar-refractivity contribution is 5.18. The topological polar surface area (TPSA) is 43.0 Å². The van der Waals surface area contributed by atoms with Crippen molar-refractivity contribution in [3.05, 3.63) is 23.5 Å². The zero-order valence-electron chi connectivity index (χ0n) is 7.09. The molecule has 3 nitrogen and oxygen atoms in total. The Morgan fingerprint density at radius 1 is 1.64 bits per heavy atom. The van der Waals surface area contributed by atoms with Crippen LogP contribution in [0.1, 0.15) is 11.3 Å². The Balaban J connectivity index is 2.79. The van der Waals surface area contributed by atoms with Crippen molar-refractivity contribution in [1.29, 1.82) is 0 Å². The van der Waals surface area contributed by atoms with Crippen LogP contribution in [0, 0.1) is 0 Å². The molecule has 0 saturated heterocycles. The van der Waals surface area contributed by atoms with Crippen LogP contribution in [0.4, 0.5) is 0 Å². The minimum atomic E-state index is 0.623. The highest BCUT2D eigenvalue weighted by Crippen LogP contribution is 2.05. The van der Waals surface area contributed by atoms with E-state index in [-0.39, 0.29) is 0 Å². The average Bonchev–Trinajstić information content (AvgIpc) is 2.33. The molecule has 0 spiro atoms. The van der Waals surface area contributed by atoms with E-state index in [9.17, 15) is 0 Å². The zero-order chi connectivity index (χ0) is 8.27. The number of rotatable bonds is 3. The van der Waals surface area contributed by atoms with E-state index < -0.39 is 0 Å². The van der Waals surface area contributed by atoms with Gasteiger partial charge in [0.1, 0.15) is 0 Å². The van der Waals surface area contributed by atoms with E-state index >= 15 is 0 Å². The maximum Gasteiger partial charge on any atom is 0.0356 e. The van der Waals surface area contributed by atoms with Gasteiger partial charge in [-0.05, 0) is 18.7 Å². The molecule has 1 rings (SSSR count). The van der Waals surface area contributed by atoms with E-state index in [1.807, 2.05) is 14.1 Å². The van der Waals surface area contributed by atoms with Crippen molar-refractivity contribution >= 4 is 0 Å².